The maximum Gasteiger partial charge on any atom is 0.223 e. The van der Waals surface area contributed by atoms with E-state index in [2.05, 4.69) is 20.5 Å². The highest BCUT2D eigenvalue weighted by Crippen LogP contribution is 2.36. The number of methoxy groups -OCH3 is 1. The van der Waals surface area contributed by atoms with Crippen LogP contribution in [0.1, 0.15) is 19.5 Å². The Kier molecular flexibility index (Phi) is 4.16. The summed E-state index contributed by atoms with van der Waals surface area (Å²) < 4.78 is 11.0. The normalized spacial score (nSPS) is 11.0. The zero-order valence-corrected chi connectivity index (χ0v) is 14.0. The Bertz CT molecular complexity index is 874. The number of aryl methyl sites for hydroxylation is 1. The van der Waals surface area contributed by atoms with Crippen LogP contribution in [0.2, 0.25) is 0 Å². The second-order valence-corrected chi connectivity index (χ2v) is 5.79. The number of aromatic nitrogens is 3. The van der Waals surface area contributed by atoms with Crippen LogP contribution in [0, 0.1) is 6.92 Å². The number of benzene rings is 1. The molecule has 7 heteroatoms. The number of phenols is 1. The van der Waals surface area contributed by atoms with E-state index in [-0.39, 0.29) is 11.9 Å². The monoisotopic (exact) mass is 328 g/mol. The van der Waals surface area contributed by atoms with Crippen molar-refractivity contribution in [2.45, 2.75) is 26.9 Å². The summed E-state index contributed by atoms with van der Waals surface area (Å²) in [5, 5.41) is 21.7. The van der Waals surface area contributed by atoms with Gasteiger partial charge in [-0.3, -0.25) is 5.10 Å². The molecule has 0 aliphatic rings. The van der Waals surface area contributed by atoms with Crippen LogP contribution in [-0.4, -0.2) is 33.5 Å². The lowest BCUT2D eigenvalue weighted by molar-refractivity contribution is 0.236. The van der Waals surface area contributed by atoms with Gasteiger partial charge in [0.05, 0.1) is 13.2 Å². The molecule has 0 saturated heterocycles. The predicted octanol–water partition coefficient (Wildman–Crippen LogP) is 3.51. The van der Waals surface area contributed by atoms with Gasteiger partial charge in [-0.1, -0.05) is 0 Å². The molecule has 3 N–H and O–H groups in total. The molecule has 0 fully saturated rings. The van der Waals surface area contributed by atoms with Crippen LogP contribution in [0.3, 0.4) is 0 Å². The van der Waals surface area contributed by atoms with Crippen molar-refractivity contribution in [1.82, 2.24) is 15.2 Å². The third kappa shape index (κ3) is 3.19. The smallest absolute Gasteiger partial charge is 0.223 e. The molecule has 0 atom stereocenters. The molecule has 2 heterocycles. The molecule has 1 aromatic carbocycles. The van der Waals surface area contributed by atoms with Crippen molar-refractivity contribution < 1.29 is 14.6 Å². The Hall–Kier alpha value is -2.96. The molecule has 0 aliphatic heterocycles. The van der Waals surface area contributed by atoms with E-state index in [1.807, 2.05) is 32.9 Å². The molecule has 3 rings (SSSR count). The third-order valence-corrected chi connectivity index (χ3v) is 3.41. The molecule has 126 valence electrons. The van der Waals surface area contributed by atoms with E-state index in [0.717, 1.165) is 16.5 Å². The van der Waals surface area contributed by atoms with Crippen molar-refractivity contribution in [3.8, 4) is 17.4 Å². The van der Waals surface area contributed by atoms with Gasteiger partial charge in [-0.25, -0.2) is 0 Å². The molecule has 0 bridgehead atoms. The second-order valence-electron chi connectivity index (χ2n) is 5.79. The highest BCUT2D eigenvalue weighted by molar-refractivity contribution is 5.92. The molecule has 2 aromatic heterocycles. The number of anilines is 2. The first-order valence-electron chi connectivity index (χ1n) is 7.63. The lowest BCUT2D eigenvalue weighted by atomic mass is 10.1. The lowest BCUT2D eigenvalue weighted by Crippen LogP contribution is -2.08. The zero-order valence-electron chi connectivity index (χ0n) is 14.0. The number of hydrogen-bond acceptors (Lipinski definition) is 6. The Balaban J connectivity index is 2.10. The summed E-state index contributed by atoms with van der Waals surface area (Å²) in [6.07, 6.45) is -0.0385. The van der Waals surface area contributed by atoms with Gasteiger partial charge in [0.2, 0.25) is 5.88 Å². The number of phenolic OH excluding ortho intramolecular Hbond substituents is 1. The van der Waals surface area contributed by atoms with Gasteiger partial charge in [-0.05, 0) is 44.4 Å². The van der Waals surface area contributed by atoms with Crippen molar-refractivity contribution in [2.75, 3.05) is 12.4 Å². The fraction of sp³-hybridized carbons (Fsp3) is 0.294. The number of aromatic hydroxyl groups is 1. The van der Waals surface area contributed by atoms with E-state index < -0.39 is 0 Å². The molecule has 0 spiro atoms. The molecule has 3 aromatic rings. The van der Waals surface area contributed by atoms with Crippen molar-refractivity contribution >= 4 is 22.4 Å². The van der Waals surface area contributed by atoms with Crippen LogP contribution in [0.4, 0.5) is 11.6 Å². The van der Waals surface area contributed by atoms with Crippen LogP contribution in [0.25, 0.3) is 10.8 Å². The molecule has 0 radical (unpaired) electrons. The predicted molar refractivity (Wildman–Crippen MR) is 92.3 cm³/mol. The van der Waals surface area contributed by atoms with E-state index in [4.69, 9.17) is 9.47 Å². The maximum atomic E-state index is 10.0. The quantitative estimate of drug-likeness (QED) is 0.664. The summed E-state index contributed by atoms with van der Waals surface area (Å²) in [5.74, 6) is 2.15. The standard InChI is InChI=1S/C17H20N4O3/c1-9(2)24-17-12-8-14(23-4)13(22)6-11(12)7-15(19-17)18-16-5-10(3)20-21-16/h5-9,22H,1-4H3,(H2,18,19,20,21). The minimum Gasteiger partial charge on any atom is -0.504 e. The number of pyridine rings is 1. The van der Waals surface area contributed by atoms with E-state index in [1.54, 1.807) is 12.1 Å². The van der Waals surface area contributed by atoms with Crippen molar-refractivity contribution in [1.29, 1.82) is 0 Å². The number of aromatic amines is 1. The minimum absolute atomic E-state index is 0.0385. The molecule has 7 nitrogen and oxygen atoms in total. The van der Waals surface area contributed by atoms with E-state index in [9.17, 15) is 5.11 Å². The van der Waals surface area contributed by atoms with Gasteiger partial charge in [0.25, 0.3) is 0 Å². The zero-order chi connectivity index (χ0) is 17.3. The number of fused-ring (bicyclic) bond motifs is 1. The number of rotatable bonds is 5. The number of ether oxygens (including phenoxy) is 2. The Morgan fingerprint density at radius 1 is 1.17 bits per heavy atom. The van der Waals surface area contributed by atoms with E-state index >= 15 is 0 Å². The second kappa shape index (κ2) is 6.27. The first-order valence-corrected chi connectivity index (χ1v) is 7.63. The molecular formula is C17H20N4O3. The van der Waals surface area contributed by atoms with Crippen molar-refractivity contribution in [3.63, 3.8) is 0 Å². The van der Waals surface area contributed by atoms with Gasteiger partial charge in [0, 0.05) is 17.1 Å². The van der Waals surface area contributed by atoms with E-state index in [0.29, 0.717) is 23.3 Å². The Morgan fingerprint density at radius 3 is 2.58 bits per heavy atom. The summed E-state index contributed by atoms with van der Waals surface area (Å²) in [4.78, 5) is 4.53. The van der Waals surface area contributed by atoms with Crippen LogP contribution < -0.4 is 14.8 Å². The molecule has 0 saturated carbocycles. The van der Waals surface area contributed by atoms with Crippen molar-refractivity contribution in [2.24, 2.45) is 0 Å². The van der Waals surface area contributed by atoms with Gasteiger partial charge in [0.1, 0.15) is 5.82 Å². The fourth-order valence-electron chi connectivity index (χ4n) is 2.39. The summed E-state index contributed by atoms with van der Waals surface area (Å²) >= 11 is 0. The Morgan fingerprint density at radius 2 is 1.96 bits per heavy atom. The number of hydrogen-bond donors (Lipinski definition) is 3. The number of nitrogens with zero attached hydrogens (tertiary/aromatic N) is 2. The molecule has 0 amide bonds. The van der Waals surface area contributed by atoms with Crippen LogP contribution in [0.15, 0.2) is 24.3 Å². The van der Waals surface area contributed by atoms with Crippen LogP contribution in [-0.2, 0) is 0 Å². The summed E-state index contributed by atoms with van der Waals surface area (Å²) in [6, 6.07) is 7.05. The highest BCUT2D eigenvalue weighted by Gasteiger charge is 2.14. The van der Waals surface area contributed by atoms with Gasteiger partial charge in [-0.15, -0.1) is 0 Å². The largest absolute Gasteiger partial charge is 0.504 e. The third-order valence-electron chi connectivity index (χ3n) is 3.41. The molecule has 0 unspecified atom stereocenters. The summed E-state index contributed by atoms with van der Waals surface area (Å²) in [7, 11) is 1.51. The van der Waals surface area contributed by atoms with Gasteiger partial charge >= 0.3 is 0 Å². The number of H-pyrrole nitrogens is 1. The van der Waals surface area contributed by atoms with Crippen LogP contribution in [0.5, 0.6) is 17.4 Å². The summed E-state index contributed by atoms with van der Waals surface area (Å²) in [5.41, 5.74) is 0.944. The van der Waals surface area contributed by atoms with E-state index in [1.165, 1.54) is 7.11 Å². The SMILES string of the molecule is COc1cc2c(OC(C)C)nc(Nc3cc(C)[nH]n3)cc2cc1O. The van der Waals surface area contributed by atoms with Gasteiger partial charge in [-0.2, -0.15) is 10.1 Å². The molecular weight excluding hydrogens is 308 g/mol. The molecule has 24 heavy (non-hydrogen) atoms. The first kappa shape index (κ1) is 15.9. The molecule has 0 aliphatic carbocycles. The highest BCUT2D eigenvalue weighted by atomic mass is 16.5. The van der Waals surface area contributed by atoms with Crippen LogP contribution >= 0.6 is 0 Å². The average Bonchev–Trinajstić information content (AvgIpc) is 2.91. The minimum atomic E-state index is -0.0385. The fourth-order valence-corrected chi connectivity index (χ4v) is 2.39. The lowest BCUT2D eigenvalue weighted by Gasteiger charge is -2.14. The summed E-state index contributed by atoms with van der Waals surface area (Å²) in [6.45, 7) is 5.79. The number of nitrogens with one attached hydrogen (secondary N) is 2. The first-order chi connectivity index (χ1) is 11.5. The Labute approximate surface area is 139 Å². The maximum absolute atomic E-state index is 10.0. The average molecular weight is 328 g/mol. The topological polar surface area (TPSA) is 92.3 Å². The van der Waals surface area contributed by atoms with Gasteiger partial charge in [0.15, 0.2) is 17.3 Å². The van der Waals surface area contributed by atoms with Gasteiger partial charge < -0.3 is 19.9 Å². The van der Waals surface area contributed by atoms with Crippen molar-refractivity contribution in [3.05, 3.63) is 30.0 Å².